The second-order valence-electron chi connectivity index (χ2n) is 7.86. The Kier molecular flexibility index (Phi) is 15.7. The molecule has 34 heavy (non-hydrogen) atoms. The predicted molar refractivity (Wildman–Crippen MR) is 121 cm³/mol. The number of hydrogen-bond acceptors (Lipinski definition) is 10. The minimum Gasteiger partial charge on any atom is -0.480 e. The average molecular weight is 489 g/mol. The molecule has 0 radical (unpaired) electrons. The second kappa shape index (κ2) is 18.0. The van der Waals surface area contributed by atoms with Gasteiger partial charge in [-0.2, -0.15) is 0 Å². The first-order valence-electron chi connectivity index (χ1n) is 11.2. The summed E-state index contributed by atoms with van der Waals surface area (Å²) in [5, 5.41) is 27.5. The summed E-state index contributed by atoms with van der Waals surface area (Å²) in [5.74, 6) is -1.18. The van der Waals surface area contributed by atoms with Gasteiger partial charge in [-0.25, -0.2) is 4.79 Å². The highest BCUT2D eigenvalue weighted by atomic mass is 16.5. The molecule has 1 saturated heterocycles. The molecule has 0 aromatic carbocycles. The zero-order valence-electron chi connectivity index (χ0n) is 19.5. The summed E-state index contributed by atoms with van der Waals surface area (Å²) in [7, 11) is 0. The monoisotopic (exact) mass is 488 g/mol. The Morgan fingerprint density at radius 1 is 0.618 bits per heavy atom. The predicted octanol–water partition coefficient (Wildman–Crippen LogP) is -2.12. The fourth-order valence-corrected chi connectivity index (χ4v) is 3.39. The van der Waals surface area contributed by atoms with Gasteiger partial charge in [0.25, 0.3) is 0 Å². The van der Waals surface area contributed by atoms with Crippen LogP contribution in [0.5, 0.6) is 0 Å². The first-order chi connectivity index (χ1) is 16.3. The van der Waals surface area contributed by atoms with Gasteiger partial charge in [-0.1, -0.05) is 0 Å². The highest BCUT2D eigenvalue weighted by Crippen LogP contribution is 1.98. The van der Waals surface area contributed by atoms with Crippen molar-refractivity contribution < 1.29 is 44.0 Å². The molecule has 1 fully saturated rings. The quantitative estimate of drug-likeness (QED) is 0.319. The summed E-state index contributed by atoms with van der Waals surface area (Å²) >= 11 is 0. The summed E-state index contributed by atoms with van der Waals surface area (Å²) < 4.78 is 11.3. The van der Waals surface area contributed by atoms with E-state index in [9.17, 15) is 29.4 Å². The second-order valence-corrected chi connectivity index (χ2v) is 7.86. The topological polar surface area (TPSA) is 160 Å². The highest BCUT2D eigenvalue weighted by Gasteiger charge is 2.16. The Morgan fingerprint density at radius 3 is 1.26 bits per heavy atom. The zero-order valence-corrected chi connectivity index (χ0v) is 19.5. The van der Waals surface area contributed by atoms with Crippen molar-refractivity contribution in [2.75, 3.05) is 105 Å². The Balaban J connectivity index is 2.81. The molecule has 3 N–H and O–H groups in total. The highest BCUT2D eigenvalue weighted by molar-refractivity contribution is 5.69. The molecule has 1 aliphatic heterocycles. The van der Waals surface area contributed by atoms with Crippen LogP contribution in [0.4, 0.5) is 0 Å². The molecule has 1 heterocycles. The maximum Gasteiger partial charge on any atom is 0.317 e. The summed E-state index contributed by atoms with van der Waals surface area (Å²) in [6.07, 6.45) is 1.36. The van der Waals surface area contributed by atoms with Crippen molar-refractivity contribution in [3.05, 3.63) is 6.08 Å². The lowest BCUT2D eigenvalue weighted by molar-refractivity contribution is -0.140. The molecule has 0 aromatic heterocycles. The van der Waals surface area contributed by atoms with Crippen LogP contribution >= 0.6 is 0 Å². The molecule has 0 amide bonds. The minimum atomic E-state index is -0.989. The molecule has 13 heteroatoms. The molecule has 1 rings (SSSR count). The van der Waals surface area contributed by atoms with Crippen LogP contribution in [0.2, 0.25) is 0 Å². The van der Waals surface area contributed by atoms with Crippen LogP contribution in [0.15, 0.2) is 6.08 Å². The van der Waals surface area contributed by atoms with Crippen molar-refractivity contribution in [2.45, 2.75) is 0 Å². The van der Waals surface area contributed by atoms with Crippen molar-refractivity contribution in [1.82, 2.24) is 19.6 Å². The smallest absolute Gasteiger partial charge is 0.317 e. The third kappa shape index (κ3) is 15.5. The lowest BCUT2D eigenvalue weighted by atomic mass is 10.3. The van der Waals surface area contributed by atoms with E-state index in [1.807, 2.05) is 4.90 Å². The van der Waals surface area contributed by atoms with Crippen molar-refractivity contribution in [1.29, 1.82) is 0 Å². The van der Waals surface area contributed by atoms with E-state index in [0.717, 1.165) is 0 Å². The Labute approximate surface area is 199 Å². The maximum atomic E-state index is 11.2. The molecule has 0 aromatic rings. The first kappa shape index (κ1) is 29.7. The van der Waals surface area contributed by atoms with Crippen LogP contribution in [-0.2, 0) is 28.7 Å². The van der Waals surface area contributed by atoms with E-state index in [2.05, 4.69) is 0 Å². The summed E-state index contributed by atoms with van der Waals surface area (Å²) in [6.45, 7) is 4.23. The van der Waals surface area contributed by atoms with E-state index in [0.29, 0.717) is 65.5 Å². The minimum absolute atomic E-state index is 0.151. The van der Waals surface area contributed by atoms with Crippen molar-refractivity contribution in [2.24, 2.45) is 0 Å². The van der Waals surface area contributed by atoms with Gasteiger partial charge in [-0.3, -0.25) is 34.0 Å². The summed E-state index contributed by atoms with van der Waals surface area (Å²) in [4.78, 5) is 51.3. The number of carbonyl (C=O) groups is 3. The van der Waals surface area contributed by atoms with Gasteiger partial charge in [0.05, 0.1) is 46.1 Å². The maximum absolute atomic E-state index is 11.2. The zero-order chi connectivity index (χ0) is 25.2. The number of carbonyl (C=O) groups excluding carboxylic acids is 1. The average Bonchev–Trinajstić information content (AvgIpc) is 2.75. The van der Waals surface area contributed by atoms with Crippen LogP contribution in [0, 0.1) is 0 Å². The largest absolute Gasteiger partial charge is 0.480 e. The van der Waals surface area contributed by atoms with Crippen LogP contribution in [0.3, 0.4) is 0 Å². The van der Waals surface area contributed by atoms with E-state index in [-0.39, 0.29) is 39.5 Å². The van der Waals surface area contributed by atoms with E-state index in [1.54, 1.807) is 20.6 Å². The number of carboxylic acids is 3. The molecular weight excluding hydrogens is 452 g/mol. The van der Waals surface area contributed by atoms with Gasteiger partial charge < -0.3 is 24.8 Å². The molecule has 0 bridgehead atoms. The van der Waals surface area contributed by atoms with Crippen molar-refractivity contribution in [3.8, 4) is 0 Å². The van der Waals surface area contributed by atoms with Gasteiger partial charge in [0.1, 0.15) is 5.94 Å². The molecule has 13 nitrogen and oxygen atoms in total. The number of nitrogens with zero attached hydrogens (tertiary/aromatic N) is 4. The fourth-order valence-electron chi connectivity index (χ4n) is 3.39. The number of aliphatic carboxylic acids is 3. The summed E-state index contributed by atoms with van der Waals surface area (Å²) in [5.41, 5.74) is 0. The van der Waals surface area contributed by atoms with Crippen LogP contribution in [0.1, 0.15) is 0 Å². The standard InChI is InChI=1S/C21H36N4O9/c26-11-1-2-22-3-4-23(16-19(27)28)8-14-34-15-10-25(18-21(31)32)6-5-24(17-20(29)30)9-13-33-12-7-22/h1H,2-10,12-18H2,(H,27,28)(H,29,30)(H,31,32). The molecule has 0 saturated carbocycles. The summed E-state index contributed by atoms with van der Waals surface area (Å²) in [6, 6.07) is 0. The number of carboxylic acid groups (broad SMARTS) is 3. The van der Waals surface area contributed by atoms with E-state index in [1.165, 1.54) is 6.08 Å². The third-order valence-corrected chi connectivity index (χ3v) is 5.18. The first-order valence-corrected chi connectivity index (χ1v) is 11.2. The SMILES string of the molecule is O=C=CCN1CCOCCN(CC(=O)O)CCN(CC(=O)O)CCOCCN(CC(=O)O)CC1. The molecule has 194 valence electrons. The molecule has 0 spiro atoms. The van der Waals surface area contributed by atoms with Crippen molar-refractivity contribution in [3.63, 3.8) is 0 Å². The molecule has 0 unspecified atom stereocenters. The molecule has 0 atom stereocenters. The Hall–Kier alpha value is -2.38. The normalized spacial score (nSPS) is 20.0. The fraction of sp³-hybridized carbons (Fsp3) is 0.762. The van der Waals surface area contributed by atoms with Crippen molar-refractivity contribution >= 4 is 23.8 Å². The Bertz CT molecular complexity index is 586. The van der Waals surface area contributed by atoms with Gasteiger partial charge in [-0.05, 0) is 0 Å². The molecule has 1 aliphatic rings. The lowest BCUT2D eigenvalue weighted by Gasteiger charge is -2.28. The van der Waals surface area contributed by atoms with Crippen LogP contribution < -0.4 is 0 Å². The Morgan fingerprint density at radius 2 is 0.941 bits per heavy atom. The number of ether oxygens (including phenoxy) is 2. The third-order valence-electron chi connectivity index (χ3n) is 5.18. The van der Waals surface area contributed by atoms with E-state index >= 15 is 0 Å². The number of hydrogen-bond donors (Lipinski definition) is 3. The lowest BCUT2D eigenvalue weighted by Crippen LogP contribution is -2.43. The van der Waals surface area contributed by atoms with Crippen LogP contribution in [0.25, 0.3) is 0 Å². The molecule has 0 aliphatic carbocycles. The number of rotatable bonds is 8. The van der Waals surface area contributed by atoms with E-state index in [4.69, 9.17) is 14.6 Å². The molecular formula is C21H36N4O9. The van der Waals surface area contributed by atoms with Gasteiger partial charge in [0.15, 0.2) is 0 Å². The van der Waals surface area contributed by atoms with Gasteiger partial charge >= 0.3 is 17.9 Å². The van der Waals surface area contributed by atoms with Crippen LogP contribution in [-0.4, -0.2) is 164 Å². The van der Waals surface area contributed by atoms with Gasteiger partial charge in [0, 0.05) is 65.0 Å². The van der Waals surface area contributed by atoms with Gasteiger partial charge in [0.2, 0.25) is 0 Å². The van der Waals surface area contributed by atoms with Gasteiger partial charge in [-0.15, -0.1) is 0 Å². The van der Waals surface area contributed by atoms with E-state index < -0.39 is 17.9 Å².